The first-order valence-electron chi connectivity index (χ1n) is 9.21. The van der Waals surface area contributed by atoms with Crippen molar-refractivity contribution in [1.82, 2.24) is 4.31 Å². The number of nitrogens with zero attached hydrogens (tertiary/aromatic N) is 1. The maximum absolute atomic E-state index is 13.1. The van der Waals surface area contributed by atoms with Gasteiger partial charge in [0, 0.05) is 18.8 Å². The third kappa shape index (κ3) is 5.91. The second kappa shape index (κ2) is 9.37. The minimum Gasteiger partial charge on any atom is -0.325 e. The van der Waals surface area contributed by atoms with E-state index in [0.717, 1.165) is 25.7 Å². The first-order chi connectivity index (χ1) is 12.0. The Bertz CT molecular complexity index is 752. The predicted octanol–water partition coefficient (Wildman–Crippen LogP) is 3.29. The minimum atomic E-state index is -3.57. The Labute approximate surface area is 169 Å². The van der Waals surface area contributed by atoms with Crippen molar-refractivity contribution in [2.45, 2.75) is 64.3 Å². The summed E-state index contributed by atoms with van der Waals surface area (Å²) >= 11 is 0. The lowest BCUT2D eigenvalue weighted by Gasteiger charge is -2.26. The average Bonchev–Trinajstić information content (AvgIpc) is 2.84. The van der Waals surface area contributed by atoms with Crippen LogP contribution in [-0.2, 0) is 14.8 Å². The van der Waals surface area contributed by atoms with Crippen LogP contribution in [0.3, 0.4) is 0 Å². The highest BCUT2D eigenvalue weighted by atomic mass is 35.5. The van der Waals surface area contributed by atoms with Crippen LogP contribution in [0.5, 0.6) is 0 Å². The number of benzene rings is 1. The highest BCUT2D eigenvalue weighted by molar-refractivity contribution is 7.89. The molecule has 0 spiro atoms. The summed E-state index contributed by atoms with van der Waals surface area (Å²) in [5.74, 6) is -0.320. The van der Waals surface area contributed by atoms with Crippen LogP contribution in [0.15, 0.2) is 23.1 Å². The molecule has 0 saturated carbocycles. The van der Waals surface area contributed by atoms with E-state index in [9.17, 15) is 13.2 Å². The Kier molecular flexibility index (Phi) is 8.29. The Morgan fingerprint density at radius 1 is 1.15 bits per heavy atom. The Balaban J connectivity index is 0.00000364. The quantitative estimate of drug-likeness (QED) is 0.786. The highest BCUT2D eigenvalue weighted by Crippen LogP contribution is 2.26. The van der Waals surface area contributed by atoms with Crippen molar-refractivity contribution in [3.05, 3.63) is 23.8 Å². The smallest absolute Gasteiger partial charge is 0.243 e. The number of carbonyl (C=O) groups is 1. The number of halogens is 1. The average molecular weight is 418 g/mol. The number of sulfonamides is 1. The van der Waals surface area contributed by atoms with Crippen LogP contribution in [0.4, 0.5) is 5.69 Å². The van der Waals surface area contributed by atoms with Crippen LogP contribution in [0, 0.1) is 12.3 Å². The van der Waals surface area contributed by atoms with E-state index in [4.69, 9.17) is 5.73 Å². The van der Waals surface area contributed by atoms with Gasteiger partial charge in [0.2, 0.25) is 15.9 Å². The number of hydrogen-bond acceptors (Lipinski definition) is 4. The van der Waals surface area contributed by atoms with Gasteiger partial charge in [0.1, 0.15) is 0 Å². The minimum absolute atomic E-state index is 0. The normalized spacial score (nSPS) is 17.5. The Morgan fingerprint density at radius 2 is 1.70 bits per heavy atom. The molecule has 1 aromatic carbocycles. The number of nitrogens with two attached hydrogens (primary N) is 1. The molecule has 0 aliphatic carbocycles. The fourth-order valence-electron chi connectivity index (χ4n) is 2.99. The van der Waals surface area contributed by atoms with Crippen molar-refractivity contribution < 1.29 is 13.2 Å². The molecule has 1 heterocycles. The number of amides is 1. The third-order valence-electron chi connectivity index (χ3n) is 4.85. The number of rotatable bonds is 4. The summed E-state index contributed by atoms with van der Waals surface area (Å²) in [6, 6.07) is 4.30. The molecule has 0 bridgehead atoms. The molecule has 1 aliphatic rings. The van der Waals surface area contributed by atoms with Crippen molar-refractivity contribution >= 4 is 34.0 Å². The molecule has 1 fully saturated rings. The van der Waals surface area contributed by atoms with Crippen molar-refractivity contribution in [1.29, 1.82) is 0 Å². The van der Waals surface area contributed by atoms with Crippen LogP contribution in [0.25, 0.3) is 0 Å². The topological polar surface area (TPSA) is 92.5 Å². The number of aryl methyl sites for hydroxylation is 1. The third-order valence-corrected chi connectivity index (χ3v) is 6.89. The number of nitrogens with one attached hydrogen (secondary N) is 1. The fraction of sp³-hybridized carbons (Fsp3) is 0.632. The lowest BCUT2D eigenvalue weighted by molar-refractivity contribution is -0.119. The van der Waals surface area contributed by atoms with Gasteiger partial charge < -0.3 is 11.1 Å². The molecule has 3 N–H and O–H groups in total. The van der Waals surface area contributed by atoms with Gasteiger partial charge in [0.05, 0.1) is 10.9 Å². The fourth-order valence-corrected chi connectivity index (χ4v) is 4.76. The monoisotopic (exact) mass is 417 g/mol. The van der Waals surface area contributed by atoms with Crippen molar-refractivity contribution in [2.24, 2.45) is 11.1 Å². The van der Waals surface area contributed by atoms with Crippen molar-refractivity contribution in [3.8, 4) is 0 Å². The molecule has 0 unspecified atom stereocenters. The summed E-state index contributed by atoms with van der Waals surface area (Å²) in [6.45, 7) is 8.54. The van der Waals surface area contributed by atoms with E-state index in [1.807, 2.05) is 20.8 Å². The van der Waals surface area contributed by atoms with Gasteiger partial charge in [-0.1, -0.05) is 39.7 Å². The van der Waals surface area contributed by atoms with E-state index in [1.54, 1.807) is 29.4 Å². The van der Waals surface area contributed by atoms with E-state index < -0.39 is 16.1 Å². The second-order valence-electron chi connectivity index (χ2n) is 8.13. The first kappa shape index (κ1) is 23.9. The predicted molar refractivity (Wildman–Crippen MR) is 112 cm³/mol. The number of anilines is 1. The summed E-state index contributed by atoms with van der Waals surface area (Å²) in [7, 11) is -3.57. The Hall–Kier alpha value is -1.15. The molecule has 6 nitrogen and oxygen atoms in total. The zero-order valence-electron chi connectivity index (χ0n) is 16.6. The molecular weight excluding hydrogens is 386 g/mol. The molecule has 1 saturated heterocycles. The lowest BCUT2D eigenvalue weighted by Crippen LogP contribution is -2.45. The summed E-state index contributed by atoms with van der Waals surface area (Å²) in [4.78, 5) is 12.6. The molecule has 1 amide bonds. The van der Waals surface area contributed by atoms with E-state index in [1.165, 1.54) is 0 Å². The van der Waals surface area contributed by atoms with Crippen LogP contribution < -0.4 is 11.1 Å². The molecule has 27 heavy (non-hydrogen) atoms. The zero-order chi connectivity index (χ0) is 19.5. The molecular formula is C19H32ClN3O3S. The molecule has 1 aliphatic heterocycles. The van der Waals surface area contributed by atoms with Gasteiger partial charge >= 0.3 is 0 Å². The van der Waals surface area contributed by atoms with Gasteiger partial charge in [0.25, 0.3) is 0 Å². The largest absolute Gasteiger partial charge is 0.325 e. The highest BCUT2D eigenvalue weighted by Gasteiger charge is 2.29. The molecule has 2 rings (SSSR count). The molecule has 0 radical (unpaired) electrons. The van der Waals surface area contributed by atoms with Crippen molar-refractivity contribution in [2.75, 3.05) is 18.4 Å². The summed E-state index contributed by atoms with van der Waals surface area (Å²) in [5, 5.41) is 2.76. The summed E-state index contributed by atoms with van der Waals surface area (Å²) in [5.41, 5.74) is 6.74. The van der Waals surface area contributed by atoms with Gasteiger partial charge in [-0.05, 0) is 42.9 Å². The van der Waals surface area contributed by atoms with Crippen LogP contribution >= 0.6 is 12.4 Å². The number of hydrogen-bond donors (Lipinski definition) is 2. The summed E-state index contributed by atoms with van der Waals surface area (Å²) in [6.07, 6.45) is 3.89. The van der Waals surface area contributed by atoms with Crippen molar-refractivity contribution in [3.63, 3.8) is 0 Å². The molecule has 1 atom stereocenters. The van der Waals surface area contributed by atoms with Crippen LogP contribution in [0.1, 0.15) is 52.0 Å². The maximum atomic E-state index is 13.1. The molecule has 0 aromatic heterocycles. The maximum Gasteiger partial charge on any atom is 0.243 e. The summed E-state index contributed by atoms with van der Waals surface area (Å²) < 4.78 is 27.7. The van der Waals surface area contributed by atoms with E-state index in [-0.39, 0.29) is 28.6 Å². The standard InChI is InChI=1S/C19H31N3O3S.ClH/c1-14-9-10-15(21-18(23)17(20)19(2,3)4)13-16(14)26(24,25)22-11-7-5-6-8-12-22;/h9-10,13,17H,5-8,11-12,20H2,1-4H3,(H,21,23);1H/t17-;/m1./s1. The van der Waals surface area contributed by atoms with E-state index in [2.05, 4.69) is 5.32 Å². The number of carbonyl (C=O) groups excluding carboxylic acids is 1. The first-order valence-corrected chi connectivity index (χ1v) is 10.6. The molecule has 1 aromatic rings. The van der Waals surface area contributed by atoms with E-state index in [0.29, 0.717) is 24.3 Å². The lowest BCUT2D eigenvalue weighted by atomic mass is 9.87. The SMILES string of the molecule is Cc1ccc(NC(=O)[C@@H](N)C(C)(C)C)cc1S(=O)(=O)N1CCCCCC1.Cl. The van der Waals surface area contributed by atoms with Gasteiger partial charge in [0.15, 0.2) is 0 Å². The van der Waals surface area contributed by atoms with Gasteiger partial charge in [-0.25, -0.2) is 8.42 Å². The Morgan fingerprint density at radius 3 is 2.22 bits per heavy atom. The molecule has 8 heteroatoms. The second-order valence-corrected chi connectivity index (χ2v) is 10.0. The van der Waals surface area contributed by atoms with Gasteiger partial charge in [-0.2, -0.15) is 4.31 Å². The van der Waals surface area contributed by atoms with Crippen LogP contribution in [-0.4, -0.2) is 37.8 Å². The van der Waals surface area contributed by atoms with Gasteiger partial charge in [-0.3, -0.25) is 4.79 Å². The molecule has 154 valence electrons. The van der Waals surface area contributed by atoms with Crippen LogP contribution in [0.2, 0.25) is 0 Å². The van der Waals surface area contributed by atoms with E-state index >= 15 is 0 Å². The van der Waals surface area contributed by atoms with Gasteiger partial charge in [-0.15, -0.1) is 12.4 Å². The zero-order valence-corrected chi connectivity index (χ0v) is 18.3.